The van der Waals surface area contributed by atoms with Crippen molar-refractivity contribution in [3.05, 3.63) is 45.9 Å². The molecule has 0 aliphatic carbocycles. The van der Waals surface area contributed by atoms with Gasteiger partial charge in [0.25, 0.3) is 0 Å². The Morgan fingerprint density at radius 3 is 2.90 bits per heavy atom. The zero-order chi connectivity index (χ0) is 13.9. The monoisotopic (exact) mass is 304 g/mol. The number of hydrogen-bond donors (Lipinski definition) is 2. The van der Waals surface area contributed by atoms with E-state index in [4.69, 9.17) is 17.3 Å². The number of rotatable bonds is 4. The van der Waals surface area contributed by atoms with Gasteiger partial charge in [0.1, 0.15) is 12.1 Å². The Balaban J connectivity index is 1.75. The molecule has 2 heterocycles. The number of nitrogens with one attached hydrogen (secondary N) is 1. The van der Waals surface area contributed by atoms with Crippen molar-refractivity contribution in [2.24, 2.45) is 0 Å². The molecule has 4 nitrogen and oxygen atoms in total. The molecule has 3 N–H and O–H groups in total. The van der Waals surface area contributed by atoms with Crippen LogP contribution in [0.25, 0.3) is 10.9 Å². The molecule has 0 saturated heterocycles. The van der Waals surface area contributed by atoms with Crippen LogP contribution in [-0.2, 0) is 6.42 Å². The molecular weight excluding hydrogens is 292 g/mol. The van der Waals surface area contributed by atoms with Gasteiger partial charge in [0.15, 0.2) is 0 Å². The predicted octanol–water partition coefficient (Wildman–Crippen LogP) is 3.58. The molecule has 0 aliphatic heterocycles. The summed E-state index contributed by atoms with van der Waals surface area (Å²) < 4.78 is 0.820. The van der Waals surface area contributed by atoms with Gasteiger partial charge >= 0.3 is 0 Å². The van der Waals surface area contributed by atoms with E-state index in [-0.39, 0.29) is 0 Å². The lowest BCUT2D eigenvalue weighted by molar-refractivity contribution is 1.03. The Hall–Kier alpha value is -1.85. The summed E-state index contributed by atoms with van der Waals surface area (Å²) in [6, 6.07) is 9.59. The molecule has 0 fully saturated rings. The van der Waals surface area contributed by atoms with E-state index in [2.05, 4.69) is 15.3 Å². The number of aromatic nitrogens is 2. The molecule has 3 rings (SSSR count). The van der Waals surface area contributed by atoms with Gasteiger partial charge in [-0.25, -0.2) is 9.97 Å². The summed E-state index contributed by atoms with van der Waals surface area (Å²) in [7, 11) is 0. The quantitative estimate of drug-likeness (QED) is 0.723. The molecule has 0 bridgehead atoms. The maximum atomic E-state index is 5.92. The van der Waals surface area contributed by atoms with Gasteiger partial charge in [-0.3, -0.25) is 0 Å². The highest BCUT2D eigenvalue weighted by molar-refractivity contribution is 7.16. The van der Waals surface area contributed by atoms with E-state index in [0.29, 0.717) is 5.69 Å². The average Bonchev–Trinajstić information content (AvgIpc) is 2.85. The van der Waals surface area contributed by atoms with Crippen molar-refractivity contribution in [2.75, 3.05) is 17.6 Å². The summed E-state index contributed by atoms with van der Waals surface area (Å²) in [5.74, 6) is 0.810. The minimum absolute atomic E-state index is 0.709. The zero-order valence-electron chi connectivity index (χ0n) is 10.6. The molecule has 0 saturated carbocycles. The van der Waals surface area contributed by atoms with E-state index >= 15 is 0 Å². The molecule has 0 atom stereocenters. The number of nitrogen functional groups attached to an aromatic ring is 1. The summed E-state index contributed by atoms with van der Waals surface area (Å²) in [4.78, 5) is 9.76. The SMILES string of the molecule is Nc1ccc2ncnc(NCCc3ccc(Cl)s3)c2c1. The minimum Gasteiger partial charge on any atom is -0.399 e. The second-order valence-corrected chi connectivity index (χ2v) is 6.18. The Labute approximate surface area is 125 Å². The van der Waals surface area contributed by atoms with E-state index in [9.17, 15) is 0 Å². The molecule has 6 heteroatoms. The Morgan fingerprint density at radius 1 is 1.20 bits per heavy atom. The highest BCUT2D eigenvalue weighted by atomic mass is 35.5. The van der Waals surface area contributed by atoms with Crippen LogP contribution in [0.4, 0.5) is 11.5 Å². The normalized spacial score (nSPS) is 10.8. The summed E-state index contributed by atoms with van der Waals surface area (Å²) in [5, 5.41) is 4.27. The van der Waals surface area contributed by atoms with Crippen molar-refractivity contribution in [1.82, 2.24) is 9.97 Å². The van der Waals surface area contributed by atoms with Crippen LogP contribution in [0.15, 0.2) is 36.7 Å². The molecule has 2 aromatic heterocycles. The van der Waals surface area contributed by atoms with Crippen LogP contribution in [0.3, 0.4) is 0 Å². The molecule has 3 aromatic rings. The number of nitrogens with two attached hydrogens (primary N) is 1. The first-order chi connectivity index (χ1) is 9.72. The van der Waals surface area contributed by atoms with Gasteiger partial charge in [-0.2, -0.15) is 0 Å². The van der Waals surface area contributed by atoms with Crippen molar-refractivity contribution in [2.45, 2.75) is 6.42 Å². The van der Waals surface area contributed by atoms with E-state index in [1.807, 2.05) is 30.3 Å². The van der Waals surface area contributed by atoms with Gasteiger partial charge < -0.3 is 11.1 Å². The van der Waals surface area contributed by atoms with E-state index in [0.717, 1.165) is 34.0 Å². The highest BCUT2D eigenvalue weighted by Gasteiger charge is 2.04. The number of hydrogen-bond acceptors (Lipinski definition) is 5. The number of nitrogens with zero attached hydrogens (tertiary/aromatic N) is 2. The van der Waals surface area contributed by atoms with Crippen LogP contribution in [0.2, 0.25) is 4.34 Å². The van der Waals surface area contributed by atoms with Crippen molar-refractivity contribution >= 4 is 45.3 Å². The third kappa shape index (κ3) is 2.84. The maximum absolute atomic E-state index is 5.92. The molecule has 0 unspecified atom stereocenters. The van der Waals surface area contributed by atoms with Crippen LogP contribution in [0.5, 0.6) is 0 Å². The van der Waals surface area contributed by atoms with Crippen molar-refractivity contribution < 1.29 is 0 Å². The molecule has 1 aromatic carbocycles. The average molecular weight is 305 g/mol. The van der Waals surface area contributed by atoms with Crippen molar-refractivity contribution in [3.8, 4) is 0 Å². The first kappa shape index (κ1) is 13.1. The molecule has 0 spiro atoms. The number of anilines is 2. The Bertz CT molecular complexity index is 741. The number of fused-ring (bicyclic) bond motifs is 1. The van der Waals surface area contributed by atoms with Gasteiger partial charge in [-0.15, -0.1) is 11.3 Å². The van der Waals surface area contributed by atoms with Crippen LogP contribution < -0.4 is 11.1 Å². The first-order valence-corrected chi connectivity index (χ1v) is 7.40. The highest BCUT2D eigenvalue weighted by Crippen LogP contribution is 2.23. The van der Waals surface area contributed by atoms with Crippen LogP contribution >= 0.6 is 22.9 Å². The summed E-state index contributed by atoms with van der Waals surface area (Å²) in [5.41, 5.74) is 7.41. The van der Waals surface area contributed by atoms with Crippen LogP contribution in [-0.4, -0.2) is 16.5 Å². The fraction of sp³-hybridized carbons (Fsp3) is 0.143. The summed E-state index contributed by atoms with van der Waals surface area (Å²) >= 11 is 7.52. The lowest BCUT2D eigenvalue weighted by Gasteiger charge is -2.08. The molecular formula is C14H13ClN4S. The molecule has 0 amide bonds. The second-order valence-electron chi connectivity index (χ2n) is 4.38. The Kier molecular flexibility index (Phi) is 3.71. The molecule has 20 heavy (non-hydrogen) atoms. The van der Waals surface area contributed by atoms with Gasteiger partial charge in [-0.1, -0.05) is 11.6 Å². The topological polar surface area (TPSA) is 63.8 Å². The standard InChI is InChI=1S/C14H13ClN4S/c15-13-4-2-10(20-13)5-6-17-14-11-7-9(16)1-3-12(11)18-8-19-14/h1-4,7-8H,5-6,16H2,(H,17,18,19). The number of thiophene rings is 1. The maximum Gasteiger partial charge on any atom is 0.137 e. The lowest BCUT2D eigenvalue weighted by atomic mass is 10.2. The van der Waals surface area contributed by atoms with Gasteiger partial charge in [0, 0.05) is 22.5 Å². The number of benzene rings is 1. The first-order valence-electron chi connectivity index (χ1n) is 6.21. The van der Waals surface area contributed by atoms with Crippen molar-refractivity contribution in [3.63, 3.8) is 0 Å². The van der Waals surface area contributed by atoms with E-state index in [1.165, 1.54) is 4.88 Å². The molecule has 0 aliphatic rings. The number of halogens is 1. The predicted molar refractivity (Wildman–Crippen MR) is 85.5 cm³/mol. The van der Waals surface area contributed by atoms with E-state index < -0.39 is 0 Å². The molecule has 0 radical (unpaired) electrons. The van der Waals surface area contributed by atoms with Crippen LogP contribution in [0.1, 0.15) is 4.88 Å². The third-order valence-corrected chi connectivity index (χ3v) is 4.24. The summed E-state index contributed by atoms with van der Waals surface area (Å²) in [6.07, 6.45) is 2.47. The van der Waals surface area contributed by atoms with E-state index in [1.54, 1.807) is 17.7 Å². The zero-order valence-corrected chi connectivity index (χ0v) is 12.2. The van der Waals surface area contributed by atoms with Crippen LogP contribution in [0, 0.1) is 0 Å². The Morgan fingerprint density at radius 2 is 2.10 bits per heavy atom. The third-order valence-electron chi connectivity index (χ3n) is 2.95. The van der Waals surface area contributed by atoms with Gasteiger partial charge in [0.2, 0.25) is 0 Å². The smallest absolute Gasteiger partial charge is 0.137 e. The largest absolute Gasteiger partial charge is 0.399 e. The van der Waals surface area contributed by atoms with Gasteiger partial charge in [-0.05, 0) is 36.8 Å². The second kappa shape index (κ2) is 5.64. The minimum atomic E-state index is 0.709. The fourth-order valence-corrected chi connectivity index (χ4v) is 3.09. The van der Waals surface area contributed by atoms with Gasteiger partial charge in [0.05, 0.1) is 9.85 Å². The summed E-state index contributed by atoms with van der Waals surface area (Å²) in [6.45, 7) is 0.789. The lowest BCUT2D eigenvalue weighted by Crippen LogP contribution is -2.06. The van der Waals surface area contributed by atoms with Crippen molar-refractivity contribution in [1.29, 1.82) is 0 Å². The molecule has 102 valence electrons. The fourth-order valence-electron chi connectivity index (χ4n) is 2.01.